The molecule has 0 aliphatic heterocycles. The fraction of sp³-hybridized carbons (Fsp3) is 0.800. The highest BCUT2D eigenvalue weighted by molar-refractivity contribution is 5.76. The Morgan fingerprint density at radius 1 is 0.826 bits per heavy atom. The Kier molecular flexibility index (Phi) is 12.9. The van der Waals surface area contributed by atoms with Gasteiger partial charge in [0, 0.05) is 65.1 Å². The largest absolute Gasteiger partial charge is 0.356 e. The number of hydrogen-bond acceptors (Lipinski definition) is 5. The van der Waals surface area contributed by atoms with Crippen molar-refractivity contribution in [3.8, 4) is 0 Å². The quantitative estimate of drug-likeness (QED) is 0.339. The number of rotatable bonds is 13. The molecule has 0 unspecified atom stereocenters. The van der Waals surface area contributed by atoms with E-state index < -0.39 is 0 Å². The van der Waals surface area contributed by atoms with Crippen LogP contribution in [0.5, 0.6) is 0 Å². The first-order valence-electron chi connectivity index (χ1n) is 8.25. The van der Waals surface area contributed by atoms with E-state index in [1.165, 1.54) is 0 Å². The lowest BCUT2D eigenvalue weighted by atomic mass is 10.3. The number of nitrogens with zero attached hydrogens (tertiary/aromatic N) is 1. The Hall–Kier alpha value is -1.67. The third-order valence-electron chi connectivity index (χ3n) is 3.22. The predicted octanol–water partition coefficient (Wildman–Crippen LogP) is -1.19. The molecule has 0 atom stereocenters. The maximum atomic E-state index is 11.6. The highest BCUT2D eigenvalue weighted by atomic mass is 16.2. The van der Waals surface area contributed by atoms with Crippen LogP contribution >= 0.6 is 0 Å². The number of nitrogens with two attached hydrogens (primary N) is 1. The van der Waals surface area contributed by atoms with Gasteiger partial charge in [-0.2, -0.15) is 0 Å². The van der Waals surface area contributed by atoms with Crippen molar-refractivity contribution in [2.24, 2.45) is 5.73 Å². The summed E-state index contributed by atoms with van der Waals surface area (Å²) in [5, 5.41) is 8.26. The summed E-state index contributed by atoms with van der Waals surface area (Å²) in [5.74, 6) is -0.0758. The Labute approximate surface area is 138 Å². The van der Waals surface area contributed by atoms with Crippen LogP contribution < -0.4 is 21.7 Å². The Morgan fingerprint density at radius 2 is 1.39 bits per heavy atom. The van der Waals surface area contributed by atoms with Gasteiger partial charge in [-0.05, 0) is 6.92 Å². The summed E-state index contributed by atoms with van der Waals surface area (Å²) in [7, 11) is 0. The van der Waals surface area contributed by atoms with Gasteiger partial charge in [0.15, 0.2) is 0 Å². The van der Waals surface area contributed by atoms with Crippen molar-refractivity contribution in [1.29, 1.82) is 0 Å². The summed E-state index contributed by atoms with van der Waals surface area (Å²) >= 11 is 0. The monoisotopic (exact) mass is 329 g/mol. The summed E-state index contributed by atoms with van der Waals surface area (Å²) < 4.78 is 0. The highest BCUT2D eigenvalue weighted by Crippen LogP contribution is 1.95. The van der Waals surface area contributed by atoms with Crippen LogP contribution in [0.25, 0.3) is 0 Å². The number of hydrogen-bond donors (Lipinski definition) is 4. The van der Waals surface area contributed by atoms with Crippen LogP contribution in [0, 0.1) is 0 Å². The molecule has 0 aliphatic carbocycles. The van der Waals surface area contributed by atoms with Crippen LogP contribution in [-0.4, -0.2) is 68.4 Å². The molecular formula is C15H31N5O3. The predicted molar refractivity (Wildman–Crippen MR) is 89.7 cm³/mol. The SMILES string of the molecule is CCNC(=O)CCN(CCNC(=O)CC)CCC(=O)NCCN. The Balaban J connectivity index is 4.21. The van der Waals surface area contributed by atoms with Crippen molar-refractivity contribution in [3.05, 3.63) is 0 Å². The average Bonchev–Trinajstić information content (AvgIpc) is 2.54. The minimum atomic E-state index is -0.0592. The summed E-state index contributed by atoms with van der Waals surface area (Å²) in [6.45, 7) is 7.35. The van der Waals surface area contributed by atoms with E-state index in [0.29, 0.717) is 65.1 Å². The van der Waals surface area contributed by atoms with Gasteiger partial charge in [0.1, 0.15) is 0 Å². The van der Waals surface area contributed by atoms with E-state index in [1.807, 2.05) is 11.8 Å². The van der Waals surface area contributed by atoms with E-state index in [9.17, 15) is 14.4 Å². The Bertz CT molecular complexity index is 363. The highest BCUT2D eigenvalue weighted by Gasteiger charge is 2.10. The molecule has 0 aromatic carbocycles. The molecule has 0 spiro atoms. The van der Waals surface area contributed by atoms with Crippen LogP contribution in [0.1, 0.15) is 33.1 Å². The lowest BCUT2D eigenvalue weighted by Crippen LogP contribution is -2.39. The van der Waals surface area contributed by atoms with E-state index in [-0.39, 0.29) is 17.7 Å². The summed E-state index contributed by atoms with van der Waals surface area (Å²) in [6.07, 6.45) is 1.16. The molecule has 23 heavy (non-hydrogen) atoms. The molecular weight excluding hydrogens is 298 g/mol. The zero-order valence-electron chi connectivity index (χ0n) is 14.3. The topological polar surface area (TPSA) is 117 Å². The van der Waals surface area contributed by atoms with Gasteiger partial charge in [0.25, 0.3) is 0 Å². The van der Waals surface area contributed by atoms with E-state index in [1.54, 1.807) is 6.92 Å². The molecule has 0 fully saturated rings. The van der Waals surface area contributed by atoms with Crippen molar-refractivity contribution >= 4 is 17.7 Å². The van der Waals surface area contributed by atoms with Crippen LogP contribution in [0.3, 0.4) is 0 Å². The van der Waals surface area contributed by atoms with Crippen LogP contribution in [-0.2, 0) is 14.4 Å². The molecule has 0 rings (SSSR count). The number of carbonyl (C=O) groups is 3. The van der Waals surface area contributed by atoms with Crippen molar-refractivity contribution in [1.82, 2.24) is 20.9 Å². The minimum absolute atomic E-state index is 0.00522. The van der Waals surface area contributed by atoms with E-state index >= 15 is 0 Å². The first-order chi connectivity index (χ1) is 11.0. The molecule has 0 aromatic rings. The molecule has 8 nitrogen and oxygen atoms in total. The molecule has 0 heterocycles. The van der Waals surface area contributed by atoms with Gasteiger partial charge >= 0.3 is 0 Å². The van der Waals surface area contributed by atoms with Crippen LogP contribution in [0.2, 0.25) is 0 Å². The van der Waals surface area contributed by atoms with E-state index in [0.717, 1.165) is 0 Å². The molecule has 0 bridgehead atoms. The lowest BCUT2D eigenvalue weighted by molar-refractivity contribution is -0.122. The zero-order chi connectivity index (χ0) is 17.5. The van der Waals surface area contributed by atoms with Crippen molar-refractivity contribution in [3.63, 3.8) is 0 Å². The molecule has 0 saturated carbocycles. The summed E-state index contributed by atoms with van der Waals surface area (Å²) in [6, 6.07) is 0. The average molecular weight is 329 g/mol. The van der Waals surface area contributed by atoms with Gasteiger partial charge in [-0.25, -0.2) is 0 Å². The molecule has 5 N–H and O–H groups in total. The maximum Gasteiger partial charge on any atom is 0.221 e. The first kappa shape index (κ1) is 21.3. The zero-order valence-corrected chi connectivity index (χ0v) is 14.3. The van der Waals surface area contributed by atoms with E-state index in [4.69, 9.17) is 5.73 Å². The fourth-order valence-corrected chi connectivity index (χ4v) is 1.92. The van der Waals surface area contributed by atoms with Gasteiger partial charge in [0.2, 0.25) is 17.7 Å². The number of nitrogens with one attached hydrogen (secondary N) is 3. The molecule has 0 aliphatic rings. The standard InChI is InChI=1S/C15H31N5O3/c1-3-13(21)19-9-12-20(10-5-14(22)17-4-2)11-6-15(23)18-8-7-16/h3-12,16H2,1-2H3,(H,17,22)(H,18,23)(H,19,21). The van der Waals surface area contributed by atoms with Gasteiger partial charge in [0.05, 0.1) is 0 Å². The smallest absolute Gasteiger partial charge is 0.221 e. The second-order valence-electron chi connectivity index (χ2n) is 5.14. The molecule has 8 heteroatoms. The fourth-order valence-electron chi connectivity index (χ4n) is 1.92. The van der Waals surface area contributed by atoms with Gasteiger partial charge in [-0.15, -0.1) is 0 Å². The molecule has 0 saturated heterocycles. The van der Waals surface area contributed by atoms with E-state index in [2.05, 4.69) is 16.0 Å². The normalized spacial score (nSPS) is 10.4. The van der Waals surface area contributed by atoms with Crippen molar-refractivity contribution in [2.45, 2.75) is 33.1 Å². The second kappa shape index (κ2) is 14.0. The third kappa shape index (κ3) is 12.5. The van der Waals surface area contributed by atoms with Gasteiger partial charge in [-0.3, -0.25) is 14.4 Å². The third-order valence-corrected chi connectivity index (χ3v) is 3.22. The molecule has 0 aromatic heterocycles. The lowest BCUT2D eigenvalue weighted by Gasteiger charge is -2.22. The number of amides is 3. The molecule has 3 amide bonds. The van der Waals surface area contributed by atoms with Gasteiger partial charge in [-0.1, -0.05) is 6.92 Å². The summed E-state index contributed by atoms with van der Waals surface area (Å²) in [4.78, 5) is 36.5. The molecule has 0 radical (unpaired) electrons. The maximum absolute atomic E-state index is 11.6. The van der Waals surface area contributed by atoms with Gasteiger partial charge < -0.3 is 26.6 Å². The van der Waals surface area contributed by atoms with Crippen LogP contribution in [0.4, 0.5) is 0 Å². The minimum Gasteiger partial charge on any atom is -0.356 e. The number of carbonyl (C=O) groups excluding carboxylic acids is 3. The van der Waals surface area contributed by atoms with Crippen molar-refractivity contribution < 1.29 is 14.4 Å². The Morgan fingerprint density at radius 3 is 1.91 bits per heavy atom. The first-order valence-corrected chi connectivity index (χ1v) is 8.25. The van der Waals surface area contributed by atoms with Crippen molar-refractivity contribution in [2.75, 3.05) is 45.8 Å². The van der Waals surface area contributed by atoms with Crippen LogP contribution in [0.15, 0.2) is 0 Å². The second-order valence-corrected chi connectivity index (χ2v) is 5.14. The molecule has 134 valence electrons. The summed E-state index contributed by atoms with van der Waals surface area (Å²) in [5.41, 5.74) is 5.34.